The predicted octanol–water partition coefficient (Wildman–Crippen LogP) is 0.862. The normalized spacial score (nSPS) is 13.6. The Morgan fingerprint density at radius 3 is 2.09 bits per heavy atom. The van der Waals surface area contributed by atoms with Crippen molar-refractivity contribution in [2.45, 2.75) is 38.1 Å². The van der Waals surface area contributed by atoms with Crippen LogP contribution in [0.1, 0.15) is 13.3 Å². The van der Waals surface area contributed by atoms with Gasteiger partial charge >= 0.3 is 0 Å². The maximum Gasteiger partial charge on any atom is 0.189 e. The molecule has 11 heavy (non-hydrogen) atoms. The van der Waals surface area contributed by atoms with E-state index in [2.05, 4.69) is 13.1 Å². The molecule has 0 aliphatic carbocycles. The summed E-state index contributed by atoms with van der Waals surface area (Å²) in [5.41, 5.74) is 11.1. The fourth-order valence-corrected chi connectivity index (χ4v) is 2.97. The van der Waals surface area contributed by atoms with E-state index in [1.54, 1.807) is 7.11 Å². The molecule has 0 bridgehead atoms. The Kier molecular flexibility index (Phi) is 3.70. The second kappa shape index (κ2) is 3.67. The Balaban J connectivity index is 4.02. The SMILES string of the molecule is CCC(N)(N)C[Si](C)(C)OC. The summed E-state index contributed by atoms with van der Waals surface area (Å²) in [7, 11) is 0.150. The van der Waals surface area contributed by atoms with Crippen molar-refractivity contribution in [2.24, 2.45) is 11.5 Å². The number of hydrogen-bond acceptors (Lipinski definition) is 3. The van der Waals surface area contributed by atoms with Gasteiger partial charge in [0.25, 0.3) is 0 Å². The molecular weight excluding hydrogens is 156 g/mol. The molecule has 0 atom stereocenters. The molecule has 0 fully saturated rings. The third-order valence-electron chi connectivity index (χ3n) is 1.97. The van der Waals surface area contributed by atoms with Crippen LogP contribution in [0.5, 0.6) is 0 Å². The highest BCUT2D eigenvalue weighted by Gasteiger charge is 2.30. The Hall–Kier alpha value is 0.0969. The molecule has 68 valence electrons. The summed E-state index contributed by atoms with van der Waals surface area (Å²) in [5, 5.41) is 0. The van der Waals surface area contributed by atoms with Gasteiger partial charge in [0.2, 0.25) is 0 Å². The fourth-order valence-electron chi connectivity index (χ4n) is 0.990. The van der Waals surface area contributed by atoms with Gasteiger partial charge in [-0.05, 0) is 25.6 Å². The van der Waals surface area contributed by atoms with Crippen molar-refractivity contribution in [3.63, 3.8) is 0 Å². The molecule has 0 aromatic carbocycles. The molecule has 0 aromatic rings. The largest absolute Gasteiger partial charge is 0.420 e. The van der Waals surface area contributed by atoms with Gasteiger partial charge in [-0.15, -0.1) is 0 Å². The van der Waals surface area contributed by atoms with Crippen LogP contribution in [0.3, 0.4) is 0 Å². The summed E-state index contributed by atoms with van der Waals surface area (Å²) in [5.74, 6) is 0. The van der Waals surface area contributed by atoms with Gasteiger partial charge in [-0.3, -0.25) is 0 Å². The van der Waals surface area contributed by atoms with Crippen LogP contribution in [0.2, 0.25) is 19.1 Å². The highest BCUT2D eigenvalue weighted by molar-refractivity contribution is 6.71. The smallest absolute Gasteiger partial charge is 0.189 e. The summed E-state index contributed by atoms with van der Waals surface area (Å²) in [6, 6.07) is 0.812. The van der Waals surface area contributed by atoms with Crippen molar-refractivity contribution in [2.75, 3.05) is 7.11 Å². The summed E-state index contributed by atoms with van der Waals surface area (Å²) >= 11 is 0. The van der Waals surface area contributed by atoms with Crippen LogP contribution in [-0.4, -0.2) is 21.1 Å². The zero-order chi connectivity index (χ0) is 9.12. The predicted molar refractivity (Wildman–Crippen MR) is 50.7 cm³/mol. The highest BCUT2D eigenvalue weighted by atomic mass is 28.4. The Labute approximate surface area is 70.2 Å². The summed E-state index contributed by atoms with van der Waals surface area (Å²) in [4.78, 5) is 0. The molecule has 0 unspecified atom stereocenters. The first-order chi connectivity index (χ1) is 4.83. The molecule has 4 heteroatoms. The van der Waals surface area contributed by atoms with E-state index < -0.39 is 14.0 Å². The van der Waals surface area contributed by atoms with Crippen molar-refractivity contribution >= 4 is 8.32 Å². The minimum Gasteiger partial charge on any atom is -0.420 e. The lowest BCUT2D eigenvalue weighted by Gasteiger charge is -2.30. The van der Waals surface area contributed by atoms with Gasteiger partial charge in [-0.1, -0.05) is 6.92 Å². The Morgan fingerprint density at radius 1 is 1.36 bits per heavy atom. The molecule has 0 aliphatic heterocycles. The highest BCUT2D eigenvalue weighted by Crippen LogP contribution is 2.17. The minimum atomic E-state index is -1.58. The van der Waals surface area contributed by atoms with Crippen LogP contribution in [0.4, 0.5) is 0 Å². The lowest BCUT2D eigenvalue weighted by Crippen LogP contribution is -2.54. The number of hydrogen-bond donors (Lipinski definition) is 2. The Morgan fingerprint density at radius 2 is 1.82 bits per heavy atom. The van der Waals surface area contributed by atoms with Gasteiger partial charge in [-0.25, -0.2) is 0 Å². The van der Waals surface area contributed by atoms with E-state index in [9.17, 15) is 0 Å². The molecule has 4 N–H and O–H groups in total. The van der Waals surface area contributed by atoms with Gasteiger partial charge < -0.3 is 15.9 Å². The van der Waals surface area contributed by atoms with E-state index >= 15 is 0 Å². The van der Waals surface area contributed by atoms with Crippen LogP contribution in [0.15, 0.2) is 0 Å². The summed E-state index contributed by atoms with van der Waals surface area (Å²) < 4.78 is 5.35. The molecule has 3 nitrogen and oxygen atoms in total. The maximum atomic E-state index is 5.81. The van der Waals surface area contributed by atoms with E-state index in [1.165, 1.54) is 0 Å². The standard InChI is InChI=1S/C7H20N2OSi/c1-5-7(8,9)6-11(3,4)10-2/h5-6,8-9H2,1-4H3. The summed E-state index contributed by atoms with van der Waals surface area (Å²) in [6.07, 6.45) is 0.798. The van der Waals surface area contributed by atoms with E-state index in [0.29, 0.717) is 0 Å². The molecule has 0 aromatic heterocycles. The second-order valence-electron chi connectivity index (χ2n) is 3.73. The number of rotatable bonds is 4. The number of nitrogens with two attached hydrogens (primary N) is 2. The van der Waals surface area contributed by atoms with Crippen molar-refractivity contribution in [3.05, 3.63) is 0 Å². The van der Waals surface area contributed by atoms with E-state index in [-0.39, 0.29) is 0 Å². The second-order valence-corrected chi connectivity index (χ2v) is 8.01. The van der Waals surface area contributed by atoms with Crippen LogP contribution < -0.4 is 11.5 Å². The average Bonchev–Trinajstić information content (AvgIpc) is 1.86. The first-order valence-electron chi connectivity index (χ1n) is 3.96. The van der Waals surface area contributed by atoms with Crippen LogP contribution in [0.25, 0.3) is 0 Å². The van der Waals surface area contributed by atoms with Gasteiger partial charge in [0.15, 0.2) is 8.32 Å². The fraction of sp³-hybridized carbons (Fsp3) is 1.00. The Bertz CT molecular complexity index is 112. The first-order valence-corrected chi connectivity index (χ1v) is 7.07. The van der Waals surface area contributed by atoms with Gasteiger partial charge in [0, 0.05) is 7.11 Å². The van der Waals surface area contributed by atoms with Crippen molar-refractivity contribution in [1.29, 1.82) is 0 Å². The van der Waals surface area contributed by atoms with Gasteiger partial charge in [-0.2, -0.15) is 0 Å². The van der Waals surface area contributed by atoms with E-state index in [0.717, 1.165) is 12.5 Å². The monoisotopic (exact) mass is 176 g/mol. The first kappa shape index (κ1) is 11.1. The molecule has 0 spiro atoms. The molecule has 0 heterocycles. The van der Waals surface area contributed by atoms with E-state index in [4.69, 9.17) is 15.9 Å². The van der Waals surface area contributed by atoms with Crippen LogP contribution in [-0.2, 0) is 4.43 Å². The van der Waals surface area contributed by atoms with Gasteiger partial charge in [0.05, 0.1) is 5.66 Å². The third-order valence-corrected chi connectivity index (χ3v) is 4.58. The third kappa shape index (κ3) is 4.52. The van der Waals surface area contributed by atoms with Crippen LogP contribution in [0, 0.1) is 0 Å². The van der Waals surface area contributed by atoms with Crippen molar-refractivity contribution in [1.82, 2.24) is 0 Å². The van der Waals surface area contributed by atoms with Crippen molar-refractivity contribution < 1.29 is 4.43 Å². The zero-order valence-corrected chi connectivity index (χ0v) is 8.98. The van der Waals surface area contributed by atoms with Gasteiger partial charge in [0.1, 0.15) is 0 Å². The topological polar surface area (TPSA) is 61.3 Å². The average molecular weight is 176 g/mol. The lowest BCUT2D eigenvalue weighted by atomic mass is 10.2. The molecule has 0 amide bonds. The molecule has 0 radical (unpaired) electrons. The molecule has 0 saturated carbocycles. The molecule has 0 aliphatic rings. The van der Waals surface area contributed by atoms with Crippen LogP contribution >= 0.6 is 0 Å². The minimum absolute atomic E-state index is 0.536. The lowest BCUT2D eigenvalue weighted by molar-refractivity contribution is 0.372. The quantitative estimate of drug-likeness (QED) is 0.493. The molecular formula is C7H20N2OSi. The zero-order valence-electron chi connectivity index (χ0n) is 7.98. The summed E-state index contributed by atoms with van der Waals surface area (Å²) in [6.45, 7) is 6.24. The van der Waals surface area contributed by atoms with E-state index in [1.807, 2.05) is 6.92 Å². The molecule has 0 saturated heterocycles. The maximum absolute atomic E-state index is 5.81. The molecule has 0 rings (SSSR count). The van der Waals surface area contributed by atoms with Crippen molar-refractivity contribution in [3.8, 4) is 0 Å².